The fourth-order valence-corrected chi connectivity index (χ4v) is 2.85. The van der Waals surface area contributed by atoms with Gasteiger partial charge in [0.05, 0.1) is 29.4 Å². The molecule has 0 aromatic heterocycles. The Bertz CT molecular complexity index is 752. The Kier molecular flexibility index (Phi) is 6.34. The number of carbonyl (C=O) groups excluding carboxylic acids is 1. The predicted octanol–water partition coefficient (Wildman–Crippen LogP) is 4.45. The van der Waals surface area contributed by atoms with Gasteiger partial charge in [0.25, 0.3) is 5.91 Å². The Labute approximate surface area is 154 Å². The number of rotatable bonds is 6. The minimum Gasteiger partial charge on any atom is -0.495 e. The zero-order chi connectivity index (χ0) is 17.7. The molecule has 0 spiro atoms. The van der Waals surface area contributed by atoms with Crippen LogP contribution in [0.4, 0.5) is 5.69 Å². The van der Waals surface area contributed by atoms with Gasteiger partial charge in [-0.05, 0) is 40.5 Å². The lowest BCUT2D eigenvalue weighted by Gasteiger charge is -2.14. The summed E-state index contributed by atoms with van der Waals surface area (Å²) in [6, 6.07) is 8.80. The first-order valence-corrected chi connectivity index (χ1v) is 8.22. The minimum atomic E-state index is -0.329. The van der Waals surface area contributed by atoms with Crippen molar-refractivity contribution in [2.24, 2.45) is 0 Å². The van der Waals surface area contributed by atoms with E-state index in [0.29, 0.717) is 28.0 Å². The van der Waals surface area contributed by atoms with Crippen LogP contribution in [0.3, 0.4) is 0 Å². The third-order valence-electron chi connectivity index (χ3n) is 3.19. The van der Waals surface area contributed by atoms with Gasteiger partial charge in [0.2, 0.25) is 0 Å². The van der Waals surface area contributed by atoms with Gasteiger partial charge in [-0.2, -0.15) is 0 Å². The quantitative estimate of drug-likeness (QED) is 0.759. The molecule has 2 aromatic carbocycles. The van der Waals surface area contributed by atoms with Crippen LogP contribution in [0, 0.1) is 6.92 Å². The van der Waals surface area contributed by atoms with Crippen molar-refractivity contribution in [3.05, 3.63) is 45.4 Å². The molecular formula is C17H17BrClNO4. The van der Waals surface area contributed by atoms with Crippen molar-refractivity contribution in [3.8, 4) is 17.2 Å². The van der Waals surface area contributed by atoms with Crippen LogP contribution >= 0.6 is 27.5 Å². The van der Waals surface area contributed by atoms with Crippen LogP contribution in [0.5, 0.6) is 17.2 Å². The van der Waals surface area contributed by atoms with Gasteiger partial charge in [0.15, 0.2) is 6.61 Å². The van der Waals surface area contributed by atoms with E-state index >= 15 is 0 Å². The zero-order valence-corrected chi connectivity index (χ0v) is 15.8. The maximum atomic E-state index is 12.1. The van der Waals surface area contributed by atoms with Crippen molar-refractivity contribution < 1.29 is 19.0 Å². The number of hydrogen-bond donors (Lipinski definition) is 1. The summed E-state index contributed by atoms with van der Waals surface area (Å²) in [6.07, 6.45) is 0. The normalized spacial score (nSPS) is 10.2. The number of carbonyl (C=O) groups is 1. The Morgan fingerprint density at radius 3 is 2.46 bits per heavy atom. The van der Waals surface area contributed by atoms with Crippen molar-refractivity contribution in [1.29, 1.82) is 0 Å². The van der Waals surface area contributed by atoms with Crippen LogP contribution in [0.25, 0.3) is 0 Å². The number of amides is 1. The number of ether oxygens (including phenoxy) is 3. The summed E-state index contributed by atoms with van der Waals surface area (Å²) >= 11 is 9.45. The first kappa shape index (κ1) is 18.4. The summed E-state index contributed by atoms with van der Waals surface area (Å²) < 4.78 is 16.7. The molecular weight excluding hydrogens is 398 g/mol. The van der Waals surface area contributed by atoms with Gasteiger partial charge in [-0.25, -0.2) is 0 Å². The van der Waals surface area contributed by atoms with Gasteiger partial charge < -0.3 is 19.5 Å². The van der Waals surface area contributed by atoms with Gasteiger partial charge in [-0.1, -0.05) is 17.7 Å². The van der Waals surface area contributed by atoms with E-state index < -0.39 is 0 Å². The number of methoxy groups -OCH3 is 2. The monoisotopic (exact) mass is 413 g/mol. The molecule has 0 heterocycles. The summed E-state index contributed by atoms with van der Waals surface area (Å²) in [6.45, 7) is 1.83. The summed E-state index contributed by atoms with van der Waals surface area (Å²) in [4.78, 5) is 12.1. The van der Waals surface area contributed by atoms with E-state index in [4.69, 9.17) is 25.8 Å². The van der Waals surface area contributed by atoms with Gasteiger partial charge in [0.1, 0.15) is 17.2 Å². The molecule has 0 fully saturated rings. The predicted molar refractivity (Wildman–Crippen MR) is 97.6 cm³/mol. The van der Waals surface area contributed by atoms with Gasteiger partial charge in [-0.15, -0.1) is 0 Å². The summed E-state index contributed by atoms with van der Waals surface area (Å²) in [5, 5.41) is 3.12. The molecule has 0 bridgehead atoms. The molecule has 128 valence electrons. The highest BCUT2D eigenvalue weighted by Crippen LogP contribution is 2.35. The molecule has 0 aliphatic heterocycles. The van der Waals surface area contributed by atoms with E-state index in [1.165, 1.54) is 14.2 Å². The number of anilines is 1. The summed E-state index contributed by atoms with van der Waals surface area (Å²) in [5.74, 6) is 1.14. The van der Waals surface area contributed by atoms with Gasteiger partial charge in [-0.3, -0.25) is 4.79 Å². The molecule has 0 atom stereocenters. The van der Waals surface area contributed by atoms with Crippen molar-refractivity contribution >= 4 is 39.1 Å². The molecule has 0 aliphatic rings. The lowest BCUT2D eigenvalue weighted by molar-refractivity contribution is -0.118. The molecule has 0 saturated carbocycles. The Balaban J connectivity index is 2.06. The zero-order valence-electron chi connectivity index (χ0n) is 13.5. The van der Waals surface area contributed by atoms with E-state index in [1.54, 1.807) is 18.2 Å². The number of aryl methyl sites for hydroxylation is 1. The molecule has 7 heteroatoms. The lowest BCUT2D eigenvalue weighted by Crippen LogP contribution is -2.20. The van der Waals surface area contributed by atoms with E-state index in [2.05, 4.69) is 21.2 Å². The third kappa shape index (κ3) is 4.55. The highest BCUT2D eigenvalue weighted by molar-refractivity contribution is 9.10. The molecule has 1 N–H and O–H groups in total. The molecule has 0 radical (unpaired) electrons. The average Bonchev–Trinajstić information content (AvgIpc) is 2.55. The molecule has 24 heavy (non-hydrogen) atoms. The van der Waals surface area contributed by atoms with Crippen molar-refractivity contribution in [1.82, 2.24) is 0 Å². The smallest absolute Gasteiger partial charge is 0.262 e. The topological polar surface area (TPSA) is 56.8 Å². The highest BCUT2D eigenvalue weighted by Gasteiger charge is 2.13. The van der Waals surface area contributed by atoms with E-state index in [0.717, 1.165) is 10.0 Å². The van der Waals surface area contributed by atoms with E-state index in [-0.39, 0.29) is 12.5 Å². The molecule has 5 nitrogen and oxygen atoms in total. The highest BCUT2D eigenvalue weighted by atomic mass is 79.9. The van der Waals surface area contributed by atoms with E-state index in [9.17, 15) is 4.79 Å². The molecule has 0 aliphatic carbocycles. The Morgan fingerprint density at radius 1 is 1.12 bits per heavy atom. The van der Waals surface area contributed by atoms with Crippen molar-refractivity contribution in [2.45, 2.75) is 6.92 Å². The maximum absolute atomic E-state index is 12.1. The average molecular weight is 415 g/mol. The first-order valence-electron chi connectivity index (χ1n) is 7.05. The fourth-order valence-electron chi connectivity index (χ4n) is 2.01. The number of halogens is 2. The first-order chi connectivity index (χ1) is 11.4. The number of hydrogen-bond acceptors (Lipinski definition) is 4. The SMILES string of the molecule is COc1cc(NC(=O)COc2ccc(C)cc2Br)c(OC)cc1Cl. The molecule has 2 rings (SSSR count). The van der Waals surface area contributed by atoms with Crippen LogP contribution in [0.1, 0.15) is 5.56 Å². The minimum absolute atomic E-state index is 0.143. The van der Waals surface area contributed by atoms with Crippen molar-refractivity contribution in [2.75, 3.05) is 26.1 Å². The van der Waals surface area contributed by atoms with Crippen LogP contribution < -0.4 is 19.5 Å². The standard InChI is InChI=1S/C17H17BrClNO4/c1-10-4-5-14(11(18)6-10)24-9-17(21)20-13-8-15(22-2)12(19)7-16(13)23-3/h4-8H,9H2,1-3H3,(H,20,21). The number of benzene rings is 2. The van der Waals surface area contributed by atoms with Crippen molar-refractivity contribution in [3.63, 3.8) is 0 Å². The molecule has 2 aromatic rings. The lowest BCUT2D eigenvalue weighted by atomic mass is 10.2. The molecule has 0 saturated heterocycles. The fraction of sp³-hybridized carbons (Fsp3) is 0.235. The second kappa shape index (κ2) is 8.26. The van der Waals surface area contributed by atoms with E-state index in [1.807, 2.05) is 19.1 Å². The van der Waals surface area contributed by atoms with Gasteiger partial charge in [0, 0.05) is 12.1 Å². The maximum Gasteiger partial charge on any atom is 0.262 e. The Hall–Kier alpha value is -1.92. The third-order valence-corrected chi connectivity index (χ3v) is 4.11. The van der Waals surface area contributed by atoms with Crippen LogP contribution in [0.2, 0.25) is 5.02 Å². The number of nitrogens with one attached hydrogen (secondary N) is 1. The van der Waals surface area contributed by atoms with Gasteiger partial charge >= 0.3 is 0 Å². The van der Waals surface area contributed by atoms with Crippen LogP contribution in [-0.2, 0) is 4.79 Å². The largest absolute Gasteiger partial charge is 0.495 e. The van der Waals surface area contributed by atoms with Crippen LogP contribution in [0.15, 0.2) is 34.8 Å². The van der Waals surface area contributed by atoms with Crippen LogP contribution in [-0.4, -0.2) is 26.7 Å². The second-order valence-electron chi connectivity index (χ2n) is 4.96. The second-order valence-corrected chi connectivity index (χ2v) is 6.22. The summed E-state index contributed by atoms with van der Waals surface area (Å²) in [5.41, 5.74) is 1.55. The molecule has 1 amide bonds. The Morgan fingerprint density at radius 2 is 1.83 bits per heavy atom. The summed E-state index contributed by atoms with van der Waals surface area (Å²) in [7, 11) is 2.99. The molecule has 0 unspecified atom stereocenters.